The van der Waals surface area contributed by atoms with E-state index in [1.807, 2.05) is 38.1 Å². The Morgan fingerprint density at radius 2 is 1.52 bits per heavy atom. The summed E-state index contributed by atoms with van der Waals surface area (Å²) in [5.74, 6) is 0.292. The van der Waals surface area contributed by atoms with Crippen molar-refractivity contribution < 1.29 is 9.59 Å². The zero-order valence-electron chi connectivity index (χ0n) is 14.4. The largest absolute Gasteiger partial charge is 0.354 e. The van der Waals surface area contributed by atoms with Gasteiger partial charge >= 0.3 is 0 Å². The Morgan fingerprint density at radius 3 is 2.00 bits per heavy atom. The fourth-order valence-corrected chi connectivity index (χ4v) is 3.09. The molecule has 1 aromatic rings. The first-order valence-electron chi connectivity index (χ1n) is 8.69. The SMILES string of the molecule is CCc1ccc(NC(=O)C2CCC(C(=O)NC(C)C)CC2)cc1. The van der Waals surface area contributed by atoms with Crippen LogP contribution in [-0.2, 0) is 16.0 Å². The highest BCUT2D eigenvalue weighted by Gasteiger charge is 2.30. The fraction of sp³-hybridized carbons (Fsp3) is 0.579. The molecule has 0 heterocycles. The van der Waals surface area contributed by atoms with Gasteiger partial charge in [-0.25, -0.2) is 0 Å². The van der Waals surface area contributed by atoms with Gasteiger partial charge < -0.3 is 10.6 Å². The molecule has 126 valence electrons. The van der Waals surface area contributed by atoms with Crippen molar-refractivity contribution in [2.45, 2.75) is 58.9 Å². The molecule has 0 spiro atoms. The summed E-state index contributed by atoms with van der Waals surface area (Å²) in [6.45, 7) is 6.06. The third kappa shape index (κ3) is 5.08. The quantitative estimate of drug-likeness (QED) is 0.873. The van der Waals surface area contributed by atoms with E-state index < -0.39 is 0 Å². The highest BCUT2D eigenvalue weighted by molar-refractivity contribution is 5.92. The summed E-state index contributed by atoms with van der Waals surface area (Å²) in [5, 5.41) is 5.97. The third-order valence-electron chi connectivity index (χ3n) is 4.53. The summed E-state index contributed by atoms with van der Waals surface area (Å²) in [6, 6.07) is 8.18. The maximum absolute atomic E-state index is 12.4. The first kappa shape index (κ1) is 17.5. The second kappa shape index (κ2) is 8.14. The van der Waals surface area contributed by atoms with Gasteiger partial charge in [-0.15, -0.1) is 0 Å². The number of hydrogen-bond acceptors (Lipinski definition) is 2. The summed E-state index contributed by atoms with van der Waals surface area (Å²) in [6.07, 6.45) is 4.16. The lowest BCUT2D eigenvalue weighted by molar-refractivity contribution is -0.128. The Hall–Kier alpha value is -1.84. The van der Waals surface area contributed by atoms with E-state index >= 15 is 0 Å². The van der Waals surface area contributed by atoms with Gasteiger partial charge in [0, 0.05) is 23.6 Å². The number of benzene rings is 1. The summed E-state index contributed by atoms with van der Waals surface area (Å²) >= 11 is 0. The lowest BCUT2D eigenvalue weighted by Gasteiger charge is -2.27. The highest BCUT2D eigenvalue weighted by atomic mass is 16.2. The molecule has 0 bridgehead atoms. The van der Waals surface area contributed by atoms with Gasteiger partial charge in [-0.2, -0.15) is 0 Å². The van der Waals surface area contributed by atoms with Crippen molar-refractivity contribution in [2.75, 3.05) is 5.32 Å². The van der Waals surface area contributed by atoms with Crippen molar-refractivity contribution in [1.82, 2.24) is 5.32 Å². The molecule has 1 aliphatic rings. The molecule has 0 aliphatic heterocycles. The minimum absolute atomic E-state index is 0.0175. The molecule has 4 heteroatoms. The van der Waals surface area contributed by atoms with E-state index in [1.54, 1.807) is 0 Å². The maximum Gasteiger partial charge on any atom is 0.227 e. The van der Waals surface area contributed by atoms with Gasteiger partial charge in [-0.3, -0.25) is 9.59 Å². The number of carbonyl (C=O) groups is 2. The molecule has 0 aromatic heterocycles. The molecule has 0 saturated heterocycles. The average molecular weight is 316 g/mol. The van der Waals surface area contributed by atoms with Crippen LogP contribution >= 0.6 is 0 Å². The second-order valence-corrected chi connectivity index (χ2v) is 6.75. The molecule has 2 rings (SSSR count). The molecule has 1 fully saturated rings. The van der Waals surface area contributed by atoms with Crippen LogP contribution in [0.3, 0.4) is 0 Å². The summed E-state index contributed by atoms with van der Waals surface area (Å²) < 4.78 is 0. The van der Waals surface area contributed by atoms with Crippen LogP contribution in [0.15, 0.2) is 24.3 Å². The van der Waals surface area contributed by atoms with Crippen LogP contribution in [-0.4, -0.2) is 17.9 Å². The van der Waals surface area contributed by atoms with E-state index in [-0.39, 0.29) is 29.7 Å². The normalized spacial score (nSPS) is 21.0. The number of carbonyl (C=O) groups excluding carboxylic acids is 2. The molecule has 2 amide bonds. The lowest BCUT2D eigenvalue weighted by Crippen LogP contribution is -2.38. The Labute approximate surface area is 139 Å². The number of amides is 2. The molecule has 0 atom stereocenters. The van der Waals surface area contributed by atoms with E-state index in [0.717, 1.165) is 37.8 Å². The van der Waals surface area contributed by atoms with Gasteiger partial charge in [-0.05, 0) is 63.6 Å². The van der Waals surface area contributed by atoms with Crippen LogP contribution in [0, 0.1) is 11.8 Å². The van der Waals surface area contributed by atoms with Crippen molar-refractivity contribution in [2.24, 2.45) is 11.8 Å². The Morgan fingerprint density at radius 1 is 1.00 bits per heavy atom. The molecule has 0 unspecified atom stereocenters. The van der Waals surface area contributed by atoms with Gasteiger partial charge in [-0.1, -0.05) is 19.1 Å². The molecule has 1 aromatic carbocycles. The highest BCUT2D eigenvalue weighted by Crippen LogP contribution is 2.30. The Bertz CT molecular complexity index is 529. The van der Waals surface area contributed by atoms with Gasteiger partial charge in [0.15, 0.2) is 0 Å². The van der Waals surface area contributed by atoms with Crippen LogP contribution in [0.4, 0.5) is 5.69 Å². The van der Waals surface area contributed by atoms with Crippen molar-refractivity contribution in [3.05, 3.63) is 29.8 Å². The zero-order chi connectivity index (χ0) is 16.8. The van der Waals surface area contributed by atoms with E-state index in [1.165, 1.54) is 5.56 Å². The van der Waals surface area contributed by atoms with Crippen molar-refractivity contribution in [3.8, 4) is 0 Å². The summed E-state index contributed by atoms with van der Waals surface area (Å²) in [7, 11) is 0. The minimum Gasteiger partial charge on any atom is -0.354 e. The molecule has 1 saturated carbocycles. The molecule has 4 nitrogen and oxygen atoms in total. The fourth-order valence-electron chi connectivity index (χ4n) is 3.09. The van der Waals surface area contributed by atoms with E-state index in [2.05, 4.69) is 17.6 Å². The maximum atomic E-state index is 12.4. The van der Waals surface area contributed by atoms with E-state index in [4.69, 9.17) is 0 Å². The number of hydrogen-bond donors (Lipinski definition) is 2. The van der Waals surface area contributed by atoms with Crippen LogP contribution < -0.4 is 10.6 Å². The monoisotopic (exact) mass is 316 g/mol. The predicted octanol–water partition coefficient (Wildman–Crippen LogP) is 3.52. The van der Waals surface area contributed by atoms with Crippen LogP contribution in [0.5, 0.6) is 0 Å². The van der Waals surface area contributed by atoms with Crippen LogP contribution in [0.1, 0.15) is 52.0 Å². The molecular formula is C19H28N2O2. The van der Waals surface area contributed by atoms with Gasteiger partial charge in [0.25, 0.3) is 0 Å². The molecule has 2 N–H and O–H groups in total. The zero-order valence-corrected chi connectivity index (χ0v) is 14.4. The first-order chi connectivity index (χ1) is 11.0. The average Bonchev–Trinajstić information content (AvgIpc) is 2.55. The molecule has 1 aliphatic carbocycles. The summed E-state index contributed by atoms with van der Waals surface area (Å²) in [5.41, 5.74) is 2.12. The van der Waals surface area contributed by atoms with Crippen LogP contribution in [0.2, 0.25) is 0 Å². The second-order valence-electron chi connectivity index (χ2n) is 6.75. The van der Waals surface area contributed by atoms with Gasteiger partial charge in [0.1, 0.15) is 0 Å². The summed E-state index contributed by atoms with van der Waals surface area (Å²) in [4.78, 5) is 24.4. The lowest BCUT2D eigenvalue weighted by atomic mass is 9.81. The van der Waals surface area contributed by atoms with Gasteiger partial charge in [0.05, 0.1) is 0 Å². The van der Waals surface area contributed by atoms with Gasteiger partial charge in [0.2, 0.25) is 11.8 Å². The topological polar surface area (TPSA) is 58.2 Å². The number of rotatable bonds is 5. The third-order valence-corrected chi connectivity index (χ3v) is 4.53. The van der Waals surface area contributed by atoms with Crippen molar-refractivity contribution in [3.63, 3.8) is 0 Å². The van der Waals surface area contributed by atoms with E-state index in [0.29, 0.717) is 0 Å². The standard InChI is InChI=1S/C19H28N2O2/c1-4-14-5-11-17(12-6-14)21-19(23)16-9-7-15(8-10-16)18(22)20-13(2)3/h5-6,11-13,15-16H,4,7-10H2,1-3H3,(H,20,22)(H,21,23). The Kier molecular flexibility index (Phi) is 6.20. The van der Waals surface area contributed by atoms with Crippen molar-refractivity contribution in [1.29, 1.82) is 0 Å². The Balaban J connectivity index is 1.82. The predicted molar refractivity (Wildman–Crippen MR) is 93.2 cm³/mol. The minimum atomic E-state index is 0.0175. The number of nitrogens with one attached hydrogen (secondary N) is 2. The van der Waals surface area contributed by atoms with Crippen molar-refractivity contribution >= 4 is 17.5 Å². The number of anilines is 1. The molecule has 23 heavy (non-hydrogen) atoms. The first-order valence-corrected chi connectivity index (χ1v) is 8.69. The van der Waals surface area contributed by atoms with Crippen LogP contribution in [0.25, 0.3) is 0 Å². The molecule has 0 radical (unpaired) electrons. The number of aryl methyl sites for hydroxylation is 1. The molecular weight excluding hydrogens is 288 g/mol. The smallest absolute Gasteiger partial charge is 0.227 e. The van der Waals surface area contributed by atoms with E-state index in [9.17, 15) is 9.59 Å².